The van der Waals surface area contributed by atoms with Crippen LogP contribution in [0.5, 0.6) is 0 Å². The second kappa shape index (κ2) is 8.77. The third-order valence-corrected chi connectivity index (χ3v) is 4.77. The van der Waals surface area contributed by atoms with Gasteiger partial charge in [-0.3, -0.25) is 9.59 Å². The van der Waals surface area contributed by atoms with E-state index in [1.165, 1.54) is 6.07 Å². The fraction of sp³-hybridized carbons (Fsp3) is 0.556. The summed E-state index contributed by atoms with van der Waals surface area (Å²) < 4.78 is 27.6. The van der Waals surface area contributed by atoms with Gasteiger partial charge in [0, 0.05) is 13.1 Å². The SMILES string of the molecule is CC(C)[C@H](NC(=O)c1c(F)cccc1F)C(=O)N1CCC(C)(CN)C1.Cl. The minimum atomic E-state index is -0.954. The van der Waals surface area contributed by atoms with Crippen molar-refractivity contribution in [2.45, 2.75) is 33.2 Å². The van der Waals surface area contributed by atoms with Crippen molar-refractivity contribution in [2.75, 3.05) is 19.6 Å². The first-order valence-corrected chi connectivity index (χ1v) is 8.42. The Morgan fingerprint density at radius 1 is 1.31 bits per heavy atom. The molecule has 2 atom stereocenters. The van der Waals surface area contributed by atoms with Crippen LogP contribution in [0.15, 0.2) is 18.2 Å². The van der Waals surface area contributed by atoms with Crippen molar-refractivity contribution in [2.24, 2.45) is 17.1 Å². The molecule has 0 bridgehead atoms. The first kappa shape index (κ1) is 22.3. The Balaban J connectivity index is 0.00000338. The van der Waals surface area contributed by atoms with Gasteiger partial charge in [0.05, 0.1) is 0 Å². The summed E-state index contributed by atoms with van der Waals surface area (Å²) >= 11 is 0. The minimum absolute atomic E-state index is 0. The van der Waals surface area contributed by atoms with E-state index in [0.717, 1.165) is 18.6 Å². The number of hydrogen-bond acceptors (Lipinski definition) is 3. The molecular weight excluding hydrogens is 364 g/mol. The molecule has 1 aromatic carbocycles. The Labute approximate surface area is 158 Å². The summed E-state index contributed by atoms with van der Waals surface area (Å²) in [6, 6.07) is 2.35. The molecule has 1 saturated heterocycles. The number of nitrogens with two attached hydrogens (primary N) is 1. The smallest absolute Gasteiger partial charge is 0.257 e. The highest BCUT2D eigenvalue weighted by Gasteiger charge is 2.38. The van der Waals surface area contributed by atoms with Crippen molar-refractivity contribution in [1.29, 1.82) is 0 Å². The van der Waals surface area contributed by atoms with Gasteiger partial charge in [-0.15, -0.1) is 12.4 Å². The molecule has 0 aliphatic carbocycles. The first-order chi connectivity index (χ1) is 11.7. The van der Waals surface area contributed by atoms with Crippen LogP contribution < -0.4 is 11.1 Å². The number of carbonyl (C=O) groups is 2. The average Bonchev–Trinajstić information content (AvgIpc) is 2.95. The number of benzene rings is 1. The largest absolute Gasteiger partial charge is 0.340 e. The quantitative estimate of drug-likeness (QED) is 0.811. The van der Waals surface area contributed by atoms with E-state index in [9.17, 15) is 18.4 Å². The summed E-state index contributed by atoms with van der Waals surface area (Å²) in [4.78, 5) is 26.8. The number of rotatable bonds is 5. The second-order valence-corrected chi connectivity index (χ2v) is 7.32. The fourth-order valence-electron chi connectivity index (χ4n) is 3.02. The molecule has 1 fully saturated rings. The highest BCUT2D eigenvalue weighted by Crippen LogP contribution is 2.29. The lowest BCUT2D eigenvalue weighted by atomic mass is 9.90. The highest BCUT2D eigenvalue weighted by atomic mass is 35.5. The number of amides is 2. The molecule has 1 aliphatic heterocycles. The Hall–Kier alpha value is -1.73. The zero-order chi connectivity index (χ0) is 18.8. The number of likely N-dealkylation sites (tertiary alicyclic amines) is 1. The minimum Gasteiger partial charge on any atom is -0.340 e. The summed E-state index contributed by atoms with van der Waals surface area (Å²) in [6.45, 7) is 7.10. The Morgan fingerprint density at radius 2 is 1.88 bits per heavy atom. The molecule has 1 unspecified atom stereocenters. The van der Waals surface area contributed by atoms with Gasteiger partial charge in [0.15, 0.2) is 0 Å². The molecule has 1 heterocycles. The Kier molecular flexibility index (Phi) is 7.53. The number of hydrogen-bond donors (Lipinski definition) is 2. The molecule has 3 N–H and O–H groups in total. The van der Waals surface area contributed by atoms with Gasteiger partial charge in [0.1, 0.15) is 23.2 Å². The van der Waals surface area contributed by atoms with Crippen molar-refractivity contribution in [3.63, 3.8) is 0 Å². The van der Waals surface area contributed by atoms with Crippen molar-refractivity contribution in [1.82, 2.24) is 10.2 Å². The molecule has 0 spiro atoms. The number of nitrogens with one attached hydrogen (secondary N) is 1. The van der Waals surface area contributed by atoms with E-state index in [-0.39, 0.29) is 29.6 Å². The van der Waals surface area contributed by atoms with Crippen LogP contribution in [0.25, 0.3) is 0 Å². The topological polar surface area (TPSA) is 75.4 Å². The van der Waals surface area contributed by atoms with Gasteiger partial charge in [-0.25, -0.2) is 8.78 Å². The van der Waals surface area contributed by atoms with Crippen molar-refractivity contribution in [3.05, 3.63) is 35.4 Å². The summed E-state index contributed by atoms with van der Waals surface area (Å²) in [5, 5.41) is 2.50. The predicted molar refractivity (Wildman–Crippen MR) is 98.1 cm³/mol. The second-order valence-electron chi connectivity index (χ2n) is 7.32. The average molecular weight is 390 g/mol. The molecule has 8 heteroatoms. The maximum Gasteiger partial charge on any atom is 0.257 e. The maximum atomic E-state index is 13.8. The molecule has 2 rings (SSSR count). The molecule has 5 nitrogen and oxygen atoms in total. The van der Waals surface area contributed by atoms with Gasteiger partial charge in [-0.1, -0.05) is 26.8 Å². The summed E-state index contributed by atoms with van der Waals surface area (Å²) in [7, 11) is 0. The Bertz CT molecular complexity index is 652. The predicted octanol–water partition coefficient (Wildman–Crippen LogP) is 2.34. The van der Waals surface area contributed by atoms with Crippen LogP contribution in [0, 0.1) is 23.0 Å². The van der Waals surface area contributed by atoms with E-state index >= 15 is 0 Å². The fourth-order valence-corrected chi connectivity index (χ4v) is 3.02. The molecule has 1 aliphatic rings. The zero-order valence-corrected chi connectivity index (χ0v) is 16.0. The number of halogens is 3. The monoisotopic (exact) mass is 389 g/mol. The summed E-state index contributed by atoms with van der Waals surface area (Å²) in [5.41, 5.74) is 4.95. The van der Waals surface area contributed by atoms with Crippen LogP contribution in [0.4, 0.5) is 8.78 Å². The van der Waals surface area contributed by atoms with E-state index in [0.29, 0.717) is 19.6 Å². The molecule has 2 amide bonds. The zero-order valence-electron chi connectivity index (χ0n) is 15.2. The van der Waals surface area contributed by atoms with Gasteiger partial charge in [-0.2, -0.15) is 0 Å². The van der Waals surface area contributed by atoms with Gasteiger partial charge < -0.3 is 16.0 Å². The molecule has 26 heavy (non-hydrogen) atoms. The van der Waals surface area contributed by atoms with E-state index < -0.39 is 29.1 Å². The molecule has 0 radical (unpaired) electrons. The van der Waals surface area contributed by atoms with Gasteiger partial charge in [-0.05, 0) is 36.4 Å². The van der Waals surface area contributed by atoms with Crippen molar-refractivity contribution >= 4 is 24.2 Å². The maximum absolute atomic E-state index is 13.8. The van der Waals surface area contributed by atoms with Crippen LogP contribution in [-0.2, 0) is 4.79 Å². The lowest BCUT2D eigenvalue weighted by Gasteiger charge is -2.28. The molecule has 0 saturated carbocycles. The van der Waals surface area contributed by atoms with E-state index in [4.69, 9.17) is 5.73 Å². The van der Waals surface area contributed by atoms with Gasteiger partial charge in [0.2, 0.25) is 5.91 Å². The summed E-state index contributed by atoms with van der Waals surface area (Å²) in [5.74, 6) is -3.31. The third-order valence-electron chi connectivity index (χ3n) is 4.77. The van der Waals surface area contributed by atoms with E-state index in [1.807, 2.05) is 6.92 Å². The molecule has 146 valence electrons. The van der Waals surface area contributed by atoms with Crippen LogP contribution >= 0.6 is 12.4 Å². The van der Waals surface area contributed by atoms with Crippen molar-refractivity contribution in [3.8, 4) is 0 Å². The van der Waals surface area contributed by atoms with Crippen LogP contribution in [-0.4, -0.2) is 42.4 Å². The number of carbonyl (C=O) groups excluding carboxylic acids is 2. The first-order valence-electron chi connectivity index (χ1n) is 8.42. The third kappa shape index (κ3) is 4.71. The molecular formula is C18H26ClF2N3O2. The normalized spacial score (nSPS) is 20.7. The lowest BCUT2D eigenvalue weighted by Crippen LogP contribution is -2.51. The summed E-state index contributed by atoms with van der Waals surface area (Å²) in [6.07, 6.45) is 0.788. The Morgan fingerprint density at radius 3 is 2.35 bits per heavy atom. The van der Waals surface area contributed by atoms with Gasteiger partial charge >= 0.3 is 0 Å². The van der Waals surface area contributed by atoms with Crippen LogP contribution in [0.1, 0.15) is 37.6 Å². The van der Waals surface area contributed by atoms with Crippen LogP contribution in [0.2, 0.25) is 0 Å². The number of nitrogens with zero attached hydrogens (tertiary/aromatic N) is 1. The molecule has 0 aromatic heterocycles. The highest BCUT2D eigenvalue weighted by molar-refractivity contribution is 5.98. The standard InChI is InChI=1S/C18H25F2N3O2.ClH/c1-11(2)15(17(25)23-8-7-18(3,9-21)10-23)22-16(24)14-12(19)5-4-6-13(14)20;/h4-6,11,15H,7-10,21H2,1-3H3,(H,22,24);1H/t15-,18?;/m0./s1. The molecule has 1 aromatic rings. The van der Waals surface area contributed by atoms with E-state index in [2.05, 4.69) is 5.32 Å². The van der Waals surface area contributed by atoms with Gasteiger partial charge in [0.25, 0.3) is 5.91 Å². The van der Waals surface area contributed by atoms with E-state index in [1.54, 1.807) is 18.7 Å². The van der Waals surface area contributed by atoms with Crippen molar-refractivity contribution < 1.29 is 18.4 Å². The lowest BCUT2D eigenvalue weighted by molar-refractivity contribution is -0.133. The van der Waals surface area contributed by atoms with Crippen LogP contribution in [0.3, 0.4) is 0 Å².